The average Bonchev–Trinajstić information content (AvgIpc) is 3.31. The van der Waals surface area contributed by atoms with Gasteiger partial charge in [0.15, 0.2) is 0 Å². The Kier molecular flexibility index (Phi) is 9.96. The number of pyridine rings is 1. The number of carbonyl (C=O) groups excluding carboxylic acids is 1. The molecule has 2 atom stereocenters. The zero-order valence-electron chi connectivity index (χ0n) is 18.1. The van der Waals surface area contributed by atoms with Crippen molar-refractivity contribution in [3.8, 4) is 22.7 Å². The maximum Gasteiger partial charge on any atom is 1.00 e. The van der Waals surface area contributed by atoms with Gasteiger partial charge in [0.25, 0.3) is 5.89 Å². The standard InChI is InChI=1S/C19H18FN4O6P.2Na/c1-10-23-24-19(30-10)17-5-3-12(8-21-17)14-4-2-11(6-16(14)20)15-7-13(22-18(15)25)9-29-31(26,27)28;;/h2-6,8,13,15H,7,9H2,1H3,(H,22,25)(H2,26,27,28);;/q;2*+1/p-2/t13?,15-;;/m1../s1. The third kappa shape index (κ3) is 7.02. The Bertz CT molecular complexity index is 1170. The SMILES string of the molecule is Cc1nnc(-c2ccc(-c3ccc([C@H]4CC(COP(=O)([O-])[O-])NC4=O)cc3F)cn2)o1.[Na+].[Na+]. The molecule has 0 bridgehead atoms. The van der Waals surface area contributed by atoms with Crippen LogP contribution in [0.25, 0.3) is 22.7 Å². The Morgan fingerprint density at radius 3 is 2.58 bits per heavy atom. The minimum absolute atomic E-state index is 0. The molecule has 0 radical (unpaired) electrons. The van der Waals surface area contributed by atoms with Gasteiger partial charge in [-0.3, -0.25) is 9.78 Å². The summed E-state index contributed by atoms with van der Waals surface area (Å²) in [5.41, 5.74) is 1.70. The number of carbonyl (C=O) groups is 1. The van der Waals surface area contributed by atoms with Crippen LogP contribution in [0.3, 0.4) is 0 Å². The summed E-state index contributed by atoms with van der Waals surface area (Å²) in [6.45, 7) is 1.21. The number of halogens is 1. The number of hydrogen-bond acceptors (Lipinski definition) is 9. The molecule has 4 rings (SSSR count). The van der Waals surface area contributed by atoms with Gasteiger partial charge in [-0.15, -0.1) is 10.2 Å². The quantitative estimate of drug-likeness (QED) is 0.263. The molecule has 1 saturated heterocycles. The Morgan fingerprint density at radius 1 is 1.24 bits per heavy atom. The monoisotopic (exact) mass is 492 g/mol. The number of aryl methyl sites for hydroxylation is 1. The topological polar surface area (TPSA) is 153 Å². The minimum atomic E-state index is -5.13. The Hall–Kier alpha value is -0.980. The number of benzene rings is 1. The molecule has 1 aliphatic rings. The smallest absolute Gasteiger partial charge is 0.790 e. The van der Waals surface area contributed by atoms with E-state index in [1.165, 1.54) is 12.3 Å². The summed E-state index contributed by atoms with van der Waals surface area (Å²) in [6, 6.07) is 7.06. The number of aromatic nitrogens is 3. The molecule has 0 spiro atoms. The van der Waals surface area contributed by atoms with Crippen LogP contribution in [0.1, 0.15) is 23.8 Å². The van der Waals surface area contributed by atoms with Crippen LogP contribution in [-0.4, -0.2) is 33.7 Å². The van der Waals surface area contributed by atoms with E-state index >= 15 is 0 Å². The maximum atomic E-state index is 14.8. The minimum Gasteiger partial charge on any atom is -0.790 e. The number of rotatable bonds is 6. The molecule has 14 heteroatoms. The van der Waals surface area contributed by atoms with Gasteiger partial charge in [0.1, 0.15) is 11.5 Å². The number of nitrogens with zero attached hydrogens (tertiary/aromatic N) is 3. The molecule has 3 aromatic rings. The summed E-state index contributed by atoms with van der Waals surface area (Å²) in [6.07, 6.45) is 1.66. The van der Waals surface area contributed by atoms with Crippen molar-refractivity contribution in [3.05, 3.63) is 53.8 Å². The summed E-state index contributed by atoms with van der Waals surface area (Å²) in [7, 11) is -5.13. The van der Waals surface area contributed by atoms with Crippen molar-refractivity contribution >= 4 is 13.7 Å². The molecule has 1 amide bonds. The third-order valence-electron chi connectivity index (χ3n) is 4.83. The molecule has 2 aromatic heterocycles. The van der Waals surface area contributed by atoms with Crippen LogP contribution in [-0.2, 0) is 13.9 Å². The van der Waals surface area contributed by atoms with Crippen molar-refractivity contribution in [2.75, 3.05) is 6.61 Å². The van der Waals surface area contributed by atoms with Gasteiger partial charge in [-0.2, -0.15) is 0 Å². The first-order valence-corrected chi connectivity index (χ1v) is 10.7. The molecule has 1 aliphatic heterocycles. The number of phosphoric ester groups is 1. The van der Waals surface area contributed by atoms with Crippen LogP contribution in [0.4, 0.5) is 4.39 Å². The van der Waals surface area contributed by atoms with Crippen LogP contribution in [0.5, 0.6) is 0 Å². The molecule has 1 fully saturated rings. The fraction of sp³-hybridized carbons (Fsp3) is 0.263. The van der Waals surface area contributed by atoms with Crippen molar-refractivity contribution in [1.29, 1.82) is 0 Å². The molecular formula is C19H16FN4Na2O6P. The van der Waals surface area contributed by atoms with E-state index in [2.05, 4.69) is 25.0 Å². The molecule has 1 unspecified atom stereocenters. The van der Waals surface area contributed by atoms with E-state index in [9.17, 15) is 23.5 Å². The van der Waals surface area contributed by atoms with Crippen LogP contribution in [0, 0.1) is 12.7 Å². The van der Waals surface area contributed by atoms with Crippen molar-refractivity contribution in [2.45, 2.75) is 25.3 Å². The average molecular weight is 492 g/mol. The van der Waals surface area contributed by atoms with Gasteiger partial charge < -0.3 is 28.6 Å². The summed E-state index contributed by atoms with van der Waals surface area (Å²) >= 11 is 0. The van der Waals surface area contributed by atoms with E-state index in [-0.39, 0.29) is 71.4 Å². The first kappa shape index (κ1) is 28.3. The van der Waals surface area contributed by atoms with Crippen molar-refractivity contribution in [1.82, 2.24) is 20.5 Å². The summed E-state index contributed by atoms with van der Waals surface area (Å²) < 4.78 is 34.9. The Balaban J connectivity index is 0.00000193. The molecule has 33 heavy (non-hydrogen) atoms. The second kappa shape index (κ2) is 11.6. The van der Waals surface area contributed by atoms with Crippen molar-refractivity contribution in [3.63, 3.8) is 0 Å². The van der Waals surface area contributed by atoms with E-state index in [1.807, 2.05) is 0 Å². The number of hydrogen-bond donors (Lipinski definition) is 1. The van der Waals surface area contributed by atoms with E-state index in [1.54, 1.807) is 31.2 Å². The van der Waals surface area contributed by atoms with Gasteiger partial charge in [0.2, 0.25) is 11.8 Å². The normalized spacial score (nSPS) is 17.8. The van der Waals surface area contributed by atoms with Gasteiger partial charge in [-0.05, 0) is 24.1 Å². The fourth-order valence-electron chi connectivity index (χ4n) is 3.39. The third-order valence-corrected chi connectivity index (χ3v) is 5.30. The molecule has 0 saturated carbocycles. The molecule has 3 heterocycles. The zero-order chi connectivity index (χ0) is 22.2. The first-order valence-electron chi connectivity index (χ1n) is 9.23. The molecule has 162 valence electrons. The van der Waals surface area contributed by atoms with E-state index in [4.69, 9.17) is 4.42 Å². The van der Waals surface area contributed by atoms with Crippen molar-refractivity contribution in [2.24, 2.45) is 0 Å². The largest absolute Gasteiger partial charge is 1.00 e. The van der Waals surface area contributed by atoms with E-state index < -0.39 is 38.1 Å². The second-order valence-corrected chi connectivity index (χ2v) is 8.19. The summed E-state index contributed by atoms with van der Waals surface area (Å²) in [5, 5.41) is 10.2. The van der Waals surface area contributed by atoms with E-state index in [0.717, 1.165) is 0 Å². The molecule has 0 aliphatic carbocycles. The molecule has 1 aromatic carbocycles. The Labute approximate surface area is 232 Å². The number of phosphoric acid groups is 1. The summed E-state index contributed by atoms with van der Waals surface area (Å²) in [4.78, 5) is 37.7. The summed E-state index contributed by atoms with van der Waals surface area (Å²) in [5.74, 6) is -0.959. The second-order valence-electron chi connectivity index (χ2n) is 7.03. The predicted octanol–water partition coefficient (Wildman–Crippen LogP) is -4.93. The van der Waals surface area contributed by atoms with Crippen LogP contribution < -0.4 is 74.2 Å². The number of amides is 1. The predicted molar refractivity (Wildman–Crippen MR) is 101 cm³/mol. The van der Waals surface area contributed by atoms with Gasteiger partial charge >= 0.3 is 59.1 Å². The van der Waals surface area contributed by atoms with E-state index in [0.29, 0.717) is 28.3 Å². The van der Waals surface area contributed by atoms with Crippen LogP contribution >= 0.6 is 7.82 Å². The van der Waals surface area contributed by atoms with Crippen LogP contribution in [0.2, 0.25) is 0 Å². The van der Waals surface area contributed by atoms with Crippen LogP contribution in [0.15, 0.2) is 40.9 Å². The van der Waals surface area contributed by atoms with Gasteiger partial charge in [0.05, 0.1) is 26.4 Å². The maximum absolute atomic E-state index is 14.8. The first-order chi connectivity index (χ1) is 14.7. The van der Waals surface area contributed by atoms with Gasteiger partial charge in [0, 0.05) is 24.2 Å². The Morgan fingerprint density at radius 2 is 2.00 bits per heavy atom. The zero-order valence-corrected chi connectivity index (χ0v) is 23.0. The van der Waals surface area contributed by atoms with Crippen molar-refractivity contribution < 1.29 is 91.6 Å². The molecule has 10 nitrogen and oxygen atoms in total. The van der Waals surface area contributed by atoms with Gasteiger partial charge in [-0.25, -0.2) is 4.39 Å². The number of nitrogens with one attached hydrogen (secondary N) is 1. The van der Waals surface area contributed by atoms with Gasteiger partial charge in [-0.1, -0.05) is 18.2 Å². The molecule has 1 N–H and O–H groups in total. The molecular weight excluding hydrogens is 476 g/mol. The fourth-order valence-corrected chi connectivity index (χ4v) is 3.76.